The van der Waals surface area contributed by atoms with Gasteiger partial charge in [-0.05, 0) is 50.6 Å². The minimum atomic E-state index is 0.470. The smallest absolute Gasteiger partial charge is 0.101 e. The lowest BCUT2D eigenvalue weighted by Gasteiger charge is -2.20. The zero-order valence-corrected chi connectivity index (χ0v) is 12.9. The molecule has 1 aliphatic heterocycles. The van der Waals surface area contributed by atoms with Crippen LogP contribution in [-0.2, 0) is 0 Å². The van der Waals surface area contributed by atoms with Crippen molar-refractivity contribution in [2.24, 2.45) is 0 Å². The average Bonchev–Trinajstić information content (AvgIpc) is 2.64. The predicted molar refractivity (Wildman–Crippen MR) is 82.2 cm³/mol. The SMILES string of the molecule is CCN1CCCC(Nc2cc(Br)ccc2C#N)CC1. The number of rotatable bonds is 3. The van der Waals surface area contributed by atoms with Gasteiger partial charge < -0.3 is 10.2 Å². The monoisotopic (exact) mass is 321 g/mol. The summed E-state index contributed by atoms with van der Waals surface area (Å²) in [6, 6.07) is 8.50. The Morgan fingerprint density at radius 3 is 3.00 bits per heavy atom. The molecule has 0 amide bonds. The Bertz CT molecular complexity index is 467. The van der Waals surface area contributed by atoms with Gasteiger partial charge in [-0.2, -0.15) is 5.26 Å². The van der Waals surface area contributed by atoms with E-state index in [2.05, 4.69) is 39.1 Å². The molecule has 0 radical (unpaired) electrons. The summed E-state index contributed by atoms with van der Waals surface area (Å²) in [6.07, 6.45) is 3.54. The van der Waals surface area contributed by atoms with E-state index >= 15 is 0 Å². The van der Waals surface area contributed by atoms with E-state index < -0.39 is 0 Å². The maximum absolute atomic E-state index is 9.16. The van der Waals surface area contributed by atoms with Gasteiger partial charge in [0.2, 0.25) is 0 Å². The first-order valence-corrected chi connectivity index (χ1v) is 7.70. The maximum Gasteiger partial charge on any atom is 0.101 e. The van der Waals surface area contributed by atoms with Crippen LogP contribution in [0.2, 0.25) is 0 Å². The summed E-state index contributed by atoms with van der Waals surface area (Å²) in [5, 5.41) is 12.7. The molecule has 1 atom stereocenters. The van der Waals surface area contributed by atoms with Crippen LogP contribution in [0, 0.1) is 11.3 Å². The van der Waals surface area contributed by atoms with Gasteiger partial charge in [-0.3, -0.25) is 0 Å². The molecule has 1 fully saturated rings. The summed E-state index contributed by atoms with van der Waals surface area (Å²) in [5.74, 6) is 0. The Morgan fingerprint density at radius 1 is 1.42 bits per heavy atom. The van der Waals surface area contributed by atoms with E-state index in [1.165, 1.54) is 19.4 Å². The molecule has 2 rings (SSSR count). The lowest BCUT2D eigenvalue weighted by atomic mass is 10.1. The van der Waals surface area contributed by atoms with Crippen molar-refractivity contribution in [2.45, 2.75) is 32.2 Å². The van der Waals surface area contributed by atoms with Gasteiger partial charge in [-0.1, -0.05) is 22.9 Å². The highest BCUT2D eigenvalue weighted by molar-refractivity contribution is 9.10. The molecule has 0 aromatic heterocycles. The molecule has 0 bridgehead atoms. The van der Waals surface area contributed by atoms with E-state index in [1.54, 1.807) is 0 Å². The molecule has 1 heterocycles. The van der Waals surface area contributed by atoms with Crippen molar-refractivity contribution in [1.82, 2.24) is 4.90 Å². The van der Waals surface area contributed by atoms with Crippen LogP contribution in [0.4, 0.5) is 5.69 Å². The van der Waals surface area contributed by atoms with Gasteiger partial charge in [0.25, 0.3) is 0 Å². The van der Waals surface area contributed by atoms with Crippen molar-refractivity contribution in [3.63, 3.8) is 0 Å². The standard InChI is InChI=1S/C15H20BrN3/c1-2-19-8-3-4-14(7-9-19)18-15-10-13(16)6-5-12(15)11-17/h5-6,10,14,18H,2-4,7-9H2,1H3. The third kappa shape index (κ3) is 3.95. The zero-order chi connectivity index (χ0) is 13.7. The van der Waals surface area contributed by atoms with Gasteiger partial charge in [-0.15, -0.1) is 0 Å². The number of hydrogen-bond acceptors (Lipinski definition) is 3. The Hall–Kier alpha value is -1.05. The number of anilines is 1. The maximum atomic E-state index is 9.16. The molecular formula is C15H20BrN3. The molecule has 102 valence electrons. The highest BCUT2D eigenvalue weighted by Gasteiger charge is 2.16. The molecule has 19 heavy (non-hydrogen) atoms. The fraction of sp³-hybridized carbons (Fsp3) is 0.533. The molecule has 1 unspecified atom stereocenters. The highest BCUT2D eigenvalue weighted by atomic mass is 79.9. The summed E-state index contributed by atoms with van der Waals surface area (Å²) in [5.41, 5.74) is 1.67. The Labute approximate surface area is 123 Å². The van der Waals surface area contributed by atoms with Crippen LogP contribution in [0.15, 0.2) is 22.7 Å². The fourth-order valence-corrected chi connectivity index (χ4v) is 2.93. The van der Waals surface area contributed by atoms with Gasteiger partial charge >= 0.3 is 0 Å². The lowest BCUT2D eigenvalue weighted by Crippen LogP contribution is -2.26. The molecule has 1 aromatic rings. The number of nitriles is 1. The van der Waals surface area contributed by atoms with Crippen LogP contribution in [0.3, 0.4) is 0 Å². The first-order chi connectivity index (χ1) is 9.22. The van der Waals surface area contributed by atoms with Crippen molar-refractivity contribution in [3.05, 3.63) is 28.2 Å². The van der Waals surface area contributed by atoms with Gasteiger partial charge in [0.15, 0.2) is 0 Å². The Morgan fingerprint density at radius 2 is 2.26 bits per heavy atom. The molecule has 3 nitrogen and oxygen atoms in total. The number of halogens is 1. The number of benzene rings is 1. The third-order valence-electron chi connectivity index (χ3n) is 3.73. The van der Waals surface area contributed by atoms with Crippen molar-refractivity contribution in [1.29, 1.82) is 5.26 Å². The molecule has 1 saturated heterocycles. The number of likely N-dealkylation sites (tertiary alicyclic amines) is 1. The topological polar surface area (TPSA) is 39.1 Å². The molecule has 1 aromatic carbocycles. The minimum Gasteiger partial charge on any atom is -0.381 e. The van der Waals surface area contributed by atoms with Crippen LogP contribution in [0.5, 0.6) is 0 Å². The van der Waals surface area contributed by atoms with Gasteiger partial charge in [-0.25, -0.2) is 0 Å². The molecule has 1 aliphatic rings. The highest BCUT2D eigenvalue weighted by Crippen LogP contribution is 2.24. The number of nitrogens with one attached hydrogen (secondary N) is 1. The van der Waals surface area contributed by atoms with E-state index in [-0.39, 0.29) is 0 Å². The molecular weight excluding hydrogens is 302 g/mol. The number of hydrogen-bond donors (Lipinski definition) is 1. The lowest BCUT2D eigenvalue weighted by molar-refractivity contribution is 0.300. The van der Waals surface area contributed by atoms with Crippen LogP contribution < -0.4 is 5.32 Å². The summed E-state index contributed by atoms with van der Waals surface area (Å²) in [4.78, 5) is 2.49. The molecule has 0 spiro atoms. The van der Waals surface area contributed by atoms with Crippen LogP contribution in [0.1, 0.15) is 31.7 Å². The van der Waals surface area contributed by atoms with Crippen LogP contribution in [0.25, 0.3) is 0 Å². The van der Waals surface area contributed by atoms with E-state index in [1.807, 2.05) is 18.2 Å². The second-order valence-electron chi connectivity index (χ2n) is 5.01. The largest absolute Gasteiger partial charge is 0.381 e. The molecule has 1 N–H and O–H groups in total. The zero-order valence-electron chi connectivity index (χ0n) is 11.3. The summed E-state index contributed by atoms with van der Waals surface area (Å²) in [6.45, 7) is 5.69. The average molecular weight is 322 g/mol. The Kier molecular flexibility index (Phi) is 5.24. The summed E-state index contributed by atoms with van der Waals surface area (Å²) >= 11 is 3.47. The van der Waals surface area contributed by atoms with Crippen molar-refractivity contribution < 1.29 is 0 Å². The van der Waals surface area contributed by atoms with Gasteiger partial charge in [0, 0.05) is 17.1 Å². The van der Waals surface area contributed by atoms with E-state index in [0.717, 1.165) is 35.2 Å². The third-order valence-corrected chi connectivity index (χ3v) is 4.22. The normalized spacial score (nSPS) is 20.6. The van der Waals surface area contributed by atoms with Gasteiger partial charge in [0.05, 0.1) is 11.3 Å². The Balaban J connectivity index is 2.05. The van der Waals surface area contributed by atoms with Crippen LogP contribution in [-0.4, -0.2) is 30.6 Å². The van der Waals surface area contributed by atoms with Crippen molar-refractivity contribution in [2.75, 3.05) is 25.0 Å². The van der Waals surface area contributed by atoms with Crippen molar-refractivity contribution in [3.8, 4) is 6.07 Å². The van der Waals surface area contributed by atoms with Crippen molar-refractivity contribution >= 4 is 21.6 Å². The summed E-state index contributed by atoms with van der Waals surface area (Å²) < 4.78 is 1.01. The second kappa shape index (κ2) is 6.93. The molecule has 0 aliphatic carbocycles. The van der Waals surface area contributed by atoms with E-state index in [4.69, 9.17) is 5.26 Å². The van der Waals surface area contributed by atoms with Gasteiger partial charge in [0.1, 0.15) is 6.07 Å². The first kappa shape index (κ1) is 14.4. The predicted octanol–water partition coefficient (Wildman–Crippen LogP) is 3.61. The second-order valence-corrected chi connectivity index (χ2v) is 5.92. The molecule has 0 saturated carbocycles. The first-order valence-electron chi connectivity index (χ1n) is 6.91. The summed E-state index contributed by atoms with van der Waals surface area (Å²) in [7, 11) is 0. The van der Waals surface area contributed by atoms with Crippen LogP contribution >= 0.6 is 15.9 Å². The molecule has 4 heteroatoms. The fourth-order valence-electron chi connectivity index (χ4n) is 2.57. The minimum absolute atomic E-state index is 0.470. The van der Waals surface area contributed by atoms with E-state index in [9.17, 15) is 0 Å². The van der Waals surface area contributed by atoms with E-state index in [0.29, 0.717) is 6.04 Å². The number of nitrogens with zero attached hydrogens (tertiary/aromatic N) is 2. The quantitative estimate of drug-likeness (QED) is 0.924.